The predicted octanol–water partition coefficient (Wildman–Crippen LogP) is 3.03. The van der Waals surface area contributed by atoms with E-state index >= 15 is 0 Å². The first-order valence-corrected chi connectivity index (χ1v) is 7.67. The molecule has 0 bridgehead atoms. The largest absolute Gasteiger partial charge is 0.477 e. The molecule has 1 aliphatic carbocycles. The van der Waals surface area contributed by atoms with Crippen molar-refractivity contribution in [1.29, 1.82) is 0 Å². The second-order valence-corrected chi connectivity index (χ2v) is 6.15. The molecule has 116 valence electrons. The molecule has 0 aliphatic heterocycles. The van der Waals surface area contributed by atoms with E-state index in [4.69, 9.17) is 5.73 Å². The van der Waals surface area contributed by atoms with Crippen LogP contribution in [0.15, 0.2) is 29.2 Å². The number of benzene rings is 1. The zero-order valence-electron chi connectivity index (χ0n) is 12.6. The van der Waals surface area contributed by atoms with Gasteiger partial charge in [-0.3, -0.25) is 4.79 Å². The monoisotopic (exact) mass is 300 g/mol. The summed E-state index contributed by atoms with van der Waals surface area (Å²) in [6.45, 7) is 2.18. The molecule has 2 aromatic rings. The van der Waals surface area contributed by atoms with Gasteiger partial charge >= 0.3 is 5.97 Å². The van der Waals surface area contributed by atoms with Crippen LogP contribution in [0.25, 0.3) is 10.9 Å². The van der Waals surface area contributed by atoms with Crippen molar-refractivity contribution in [2.24, 2.45) is 5.92 Å². The first kappa shape index (κ1) is 14.6. The van der Waals surface area contributed by atoms with Gasteiger partial charge in [-0.1, -0.05) is 25.8 Å². The summed E-state index contributed by atoms with van der Waals surface area (Å²) in [5.41, 5.74) is 6.31. The standard InChI is InChI=1S/C17H20N2O3/c1-10-5-2-3-7-13(10)19-9-11(17(21)22)16(20)15-12(18)6-4-8-14(15)19/h4,6,8-10,13H,2-3,5,7,18H2,1H3,(H,21,22). The number of carboxylic acids is 1. The highest BCUT2D eigenvalue weighted by Gasteiger charge is 2.26. The van der Waals surface area contributed by atoms with Crippen molar-refractivity contribution < 1.29 is 9.90 Å². The van der Waals surface area contributed by atoms with Crippen LogP contribution in [0.2, 0.25) is 0 Å². The van der Waals surface area contributed by atoms with Crippen LogP contribution < -0.4 is 11.2 Å². The zero-order valence-corrected chi connectivity index (χ0v) is 12.6. The Balaban J connectivity index is 2.33. The Morgan fingerprint density at radius 2 is 2.05 bits per heavy atom. The van der Waals surface area contributed by atoms with Crippen LogP contribution in [-0.4, -0.2) is 15.6 Å². The molecule has 1 saturated carbocycles. The van der Waals surface area contributed by atoms with E-state index in [-0.39, 0.29) is 11.6 Å². The van der Waals surface area contributed by atoms with E-state index in [1.54, 1.807) is 6.07 Å². The topological polar surface area (TPSA) is 85.3 Å². The van der Waals surface area contributed by atoms with Crippen LogP contribution >= 0.6 is 0 Å². The molecule has 2 atom stereocenters. The fraction of sp³-hybridized carbons (Fsp3) is 0.412. The second-order valence-electron chi connectivity index (χ2n) is 6.15. The van der Waals surface area contributed by atoms with Crippen LogP contribution in [0.1, 0.15) is 49.0 Å². The highest BCUT2D eigenvalue weighted by molar-refractivity contribution is 5.97. The minimum absolute atomic E-state index is 0.205. The molecule has 0 radical (unpaired) electrons. The van der Waals surface area contributed by atoms with Crippen molar-refractivity contribution in [2.75, 3.05) is 5.73 Å². The molecular weight excluding hydrogens is 280 g/mol. The predicted molar refractivity (Wildman–Crippen MR) is 86.2 cm³/mol. The van der Waals surface area contributed by atoms with Crippen LogP contribution in [0.5, 0.6) is 0 Å². The molecule has 5 nitrogen and oxygen atoms in total. The summed E-state index contributed by atoms with van der Waals surface area (Å²) in [4.78, 5) is 23.9. The Kier molecular flexibility index (Phi) is 3.64. The number of anilines is 1. The summed E-state index contributed by atoms with van der Waals surface area (Å²) in [5, 5.41) is 9.67. The van der Waals surface area contributed by atoms with Gasteiger partial charge in [-0.25, -0.2) is 4.79 Å². The first-order chi connectivity index (χ1) is 10.5. The Hall–Kier alpha value is -2.30. The molecule has 3 rings (SSSR count). The lowest BCUT2D eigenvalue weighted by molar-refractivity contribution is 0.0694. The van der Waals surface area contributed by atoms with Crippen LogP contribution in [-0.2, 0) is 0 Å². The van der Waals surface area contributed by atoms with Gasteiger partial charge in [0.2, 0.25) is 5.43 Å². The summed E-state index contributed by atoms with van der Waals surface area (Å²) in [6, 6.07) is 5.50. The number of hydrogen-bond donors (Lipinski definition) is 2. The number of fused-ring (bicyclic) bond motifs is 1. The van der Waals surface area contributed by atoms with Gasteiger partial charge in [0.15, 0.2) is 0 Å². The number of carboxylic acid groups (broad SMARTS) is 1. The number of nitrogens with two attached hydrogens (primary N) is 1. The number of nitrogens with zero attached hydrogens (tertiary/aromatic N) is 1. The maximum atomic E-state index is 12.4. The quantitative estimate of drug-likeness (QED) is 0.835. The van der Waals surface area contributed by atoms with Crippen molar-refractivity contribution >= 4 is 22.6 Å². The van der Waals surface area contributed by atoms with Gasteiger partial charge in [0.1, 0.15) is 5.56 Å². The number of pyridine rings is 1. The van der Waals surface area contributed by atoms with Crippen LogP contribution in [0, 0.1) is 5.92 Å². The van der Waals surface area contributed by atoms with E-state index < -0.39 is 11.4 Å². The zero-order chi connectivity index (χ0) is 15.9. The van der Waals surface area contributed by atoms with E-state index in [0.29, 0.717) is 17.0 Å². The summed E-state index contributed by atoms with van der Waals surface area (Å²) < 4.78 is 1.96. The Morgan fingerprint density at radius 1 is 1.32 bits per heavy atom. The molecule has 3 N–H and O–H groups in total. The molecule has 22 heavy (non-hydrogen) atoms. The molecule has 1 aliphatic rings. The minimum atomic E-state index is -1.20. The van der Waals surface area contributed by atoms with Gasteiger partial charge in [-0.2, -0.15) is 0 Å². The molecule has 1 fully saturated rings. The Bertz CT molecular complexity index is 794. The Morgan fingerprint density at radius 3 is 2.73 bits per heavy atom. The van der Waals surface area contributed by atoms with Gasteiger partial charge in [0.05, 0.1) is 10.9 Å². The average Bonchev–Trinajstić information content (AvgIpc) is 2.48. The number of aromatic carboxylic acids is 1. The van der Waals surface area contributed by atoms with E-state index in [0.717, 1.165) is 24.8 Å². The van der Waals surface area contributed by atoms with Crippen molar-refractivity contribution in [3.8, 4) is 0 Å². The molecule has 0 amide bonds. The SMILES string of the molecule is CC1CCCCC1n1cc(C(=O)O)c(=O)c2c(N)cccc21. The van der Waals surface area contributed by atoms with Crippen molar-refractivity contribution in [2.45, 2.75) is 38.6 Å². The molecule has 1 aromatic carbocycles. The van der Waals surface area contributed by atoms with E-state index in [1.807, 2.05) is 16.7 Å². The second kappa shape index (κ2) is 5.48. The third kappa shape index (κ3) is 2.26. The maximum Gasteiger partial charge on any atom is 0.341 e. The smallest absolute Gasteiger partial charge is 0.341 e. The molecule has 1 aromatic heterocycles. The molecule has 0 saturated heterocycles. The highest BCUT2D eigenvalue weighted by atomic mass is 16.4. The molecule has 1 heterocycles. The number of aromatic nitrogens is 1. The van der Waals surface area contributed by atoms with Gasteiger partial charge in [-0.05, 0) is 30.9 Å². The lowest BCUT2D eigenvalue weighted by Gasteiger charge is -2.32. The number of carbonyl (C=O) groups is 1. The van der Waals surface area contributed by atoms with E-state index in [2.05, 4.69) is 6.92 Å². The fourth-order valence-corrected chi connectivity index (χ4v) is 3.56. The summed E-state index contributed by atoms with van der Waals surface area (Å²) in [7, 11) is 0. The fourth-order valence-electron chi connectivity index (χ4n) is 3.56. The normalized spacial score (nSPS) is 21.9. The average molecular weight is 300 g/mol. The van der Waals surface area contributed by atoms with Crippen LogP contribution in [0.3, 0.4) is 0 Å². The first-order valence-electron chi connectivity index (χ1n) is 7.67. The van der Waals surface area contributed by atoms with Gasteiger partial charge in [0, 0.05) is 17.9 Å². The Labute approximate surface area is 128 Å². The molecule has 2 unspecified atom stereocenters. The lowest BCUT2D eigenvalue weighted by atomic mass is 9.85. The van der Waals surface area contributed by atoms with Gasteiger partial charge in [0.25, 0.3) is 0 Å². The van der Waals surface area contributed by atoms with Crippen molar-refractivity contribution in [1.82, 2.24) is 4.57 Å². The summed E-state index contributed by atoms with van der Waals surface area (Å²) >= 11 is 0. The molecular formula is C17H20N2O3. The van der Waals surface area contributed by atoms with Gasteiger partial charge < -0.3 is 15.4 Å². The summed E-state index contributed by atoms with van der Waals surface area (Å²) in [6.07, 6.45) is 5.92. The highest BCUT2D eigenvalue weighted by Crippen LogP contribution is 2.35. The third-order valence-electron chi connectivity index (χ3n) is 4.75. The number of hydrogen-bond acceptors (Lipinski definition) is 3. The van der Waals surface area contributed by atoms with Crippen LogP contribution in [0.4, 0.5) is 5.69 Å². The molecule has 5 heteroatoms. The third-order valence-corrected chi connectivity index (χ3v) is 4.75. The molecule has 0 spiro atoms. The van der Waals surface area contributed by atoms with Gasteiger partial charge in [-0.15, -0.1) is 0 Å². The number of nitrogen functional groups attached to an aromatic ring is 1. The minimum Gasteiger partial charge on any atom is -0.477 e. The van der Waals surface area contributed by atoms with E-state index in [9.17, 15) is 14.7 Å². The van der Waals surface area contributed by atoms with E-state index in [1.165, 1.54) is 12.6 Å². The van der Waals surface area contributed by atoms with Crippen molar-refractivity contribution in [3.63, 3.8) is 0 Å². The van der Waals surface area contributed by atoms with Crippen molar-refractivity contribution in [3.05, 3.63) is 40.2 Å². The summed E-state index contributed by atoms with van der Waals surface area (Å²) in [5.74, 6) is -0.755. The number of rotatable bonds is 2. The maximum absolute atomic E-state index is 12.4. The lowest BCUT2D eigenvalue weighted by Crippen LogP contribution is -2.26.